The molecule has 0 aliphatic heterocycles. The summed E-state index contributed by atoms with van der Waals surface area (Å²) in [5.41, 5.74) is 2.84. The minimum Gasteiger partial charge on any atom is -0.354 e. The topological polar surface area (TPSA) is 58.2 Å². The van der Waals surface area contributed by atoms with Crippen molar-refractivity contribution in [3.8, 4) is 0 Å². The summed E-state index contributed by atoms with van der Waals surface area (Å²) in [7, 11) is 0. The second-order valence-corrected chi connectivity index (χ2v) is 7.67. The largest absolute Gasteiger partial charge is 0.354 e. The number of hydrogen-bond acceptors (Lipinski definition) is 2. The number of halogens is 1. The van der Waals surface area contributed by atoms with E-state index in [-0.39, 0.29) is 23.8 Å². The van der Waals surface area contributed by atoms with Gasteiger partial charge in [0.15, 0.2) is 0 Å². The Bertz CT molecular complexity index is 747. The van der Waals surface area contributed by atoms with Crippen LogP contribution in [0.15, 0.2) is 48.5 Å². The fraction of sp³-hybridized carbons (Fsp3) is 0.333. The molecule has 4 nitrogen and oxygen atoms in total. The summed E-state index contributed by atoms with van der Waals surface area (Å²) >= 11 is 5.84. The molecular formula is C21H25ClN2O2. The first-order valence-electron chi connectivity index (χ1n) is 8.65. The maximum atomic E-state index is 12.1. The number of hydrogen-bond donors (Lipinski definition) is 2. The van der Waals surface area contributed by atoms with Gasteiger partial charge in [-0.25, -0.2) is 0 Å². The van der Waals surface area contributed by atoms with E-state index < -0.39 is 0 Å². The maximum Gasteiger partial charge on any atom is 0.251 e. The highest BCUT2D eigenvalue weighted by Crippen LogP contribution is 2.22. The molecule has 0 saturated carbocycles. The van der Waals surface area contributed by atoms with E-state index in [2.05, 4.69) is 31.4 Å². The van der Waals surface area contributed by atoms with Crippen LogP contribution in [0.1, 0.15) is 42.3 Å². The Morgan fingerprint density at radius 1 is 0.923 bits per heavy atom. The van der Waals surface area contributed by atoms with Crippen molar-refractivity contribution in [3.05, 3.63) is 70.2 Å². The summed E-state index contributed by atoms with van der Waals surface area (Å²) < 4.78 is 0. The highest BCUT2D eigenvalue weighted by atomic mass is 35.5. The zero-order valence-corrected chi connectivity index (χ0v) is 16.2. The molecule has 0 atom stereocenters. The standard InChI is InChI=1S/C21H25ClN2O2/c1-21(2,3)17-8-6-16(7-9-17)20(26)24-14-19(25)23-13-12-15-4-10-18(22)11-5-15/h4-11H,12-14H2,1-3H3,(H,23,25)(H,24,26). The van der Waals surface area contributed by atoms with Crippen LogP contribution in [0, 0.1) is 0 Å². The Kier molecular flexibility index (Phi) is 6.81. The number of carbonyl (C=O) groups is 2. The molecule has 0 radical (unpaired) electrons. The molecule has 0 aliphatic carbocycles. The van der Waals surface area contributed by atoms with E-state index in [1.807, 2.05) is 36.4 Å². The molecule has 0 aliphatic rings. The lowest BCUT2D eigenvalue weighted by molar-refractivity contribution is -0.120. The van der Waals surface area contributed by atoms with Crippen molar-refractivity contribution in [2.24, 2.45) is 0 Å². The lowest BCUT2D eigenvalue weighted by atomic mass is 9.87. The molecule has 0 fully saturated rings. The van der Waals surface area contributed by atoms with Crippen molar-refractivity contribution in [2.75, 3.05) is 13.1 Å². The lowest BCUT2D eigenvalue weighted by Crippen LogP contribution is -2.37. The Balaban J connectivity index is 1.74. The van der Waals surface area contributed by atoms with Gasteiger partial charge in [0.25, 0.3) is 5.91 Å². The molecular weight excluding hydrogens is 348 g/mol. The molecule has 0 saturated heterocycles. The van der Waals surface area contributed by atoms with E-state index in [4.69, 9.17) is 11.6 Å². The molecule has 5 heteroatoms. The van der Waals surface area contributed by atoms with Crippen molar-refractivity contribution in [3.63, 3.8) is 0 Å². The molecule has 26 heavy (non-hydrogen) atoms. The Morgan fingerprint density at radius 3 is 2.12 bits per heavy atom. The third-order valence-electron chi connectivity index (χ3n) is 4.07. The number of rotatable bonds is 6. The van der Waals surface area contributed by atoms with Gasteiger partial charge in [-0.15, -0.1) is 0 Å². The summed E-state index contributed by atoms with van der Waals surface area (Å²) in [6.45, 7) is 6.83. The molecule has 0 heterocycles. The molecule has 2 aromatic carbocycles. The highest BCUT2D eigenvalue weighted by Gasteiger charge is 2.14. The van der Waals surface area contributed by atoms with Crippen LogP contribution < -0.4 is 10.6 Å². The summed E-state index contributed by atoms with van der Waals surface area (Å²) in [5.74, 6) is -0.461. The zero-order chi connectivity index (χ0) is 19.2. The van der Waals surface area contributed by atoms with E-state index in [1.54, 1.807) is 12.1 Å². The number of carbonyl (C=O) groups excluding carboxylic acids is 2. The van der Waals surface area contributed by atoms with Gasteiger partial charge in [0.1, 0.15) is 0 Å². The Hall–Kier alpha value is -2.33. The van der Waals surface area contributed by atoms with Crippen molar-refractivity contribution >= 4 is 23.4 Å². The van der Waals surface area contributed by atoms with E-state index in [0.29, 0.717) is 23.6 Å². The van der Waals surface area contributed by atoms with E-state index in [9.17, 15) is 9.59 Å². The molecule has 0 unspecified atom stereocenters. The van der Waals surface area contributed by atoms with E-state index >= 15 is 0 Å². The van der Waals surface area contributed by atoms with Crippen LogP contribution in [-0.4, -0.2) is 24.9 Å². The highest BCUT2D eigenvalue weighted by molar-refractivity contribution is 6.30. The van der Waals surface area contributed by atoms with Crippen molar-refractivity contribution < 1.29 is 9.59 Å². The summed E-state index contributed by atoms with van der Waals surface area (Å²) in [6.07, 6.45) is 0.713. The summed E-state index contributed by atoms with van der Waals surface area (Å²) in [5, 5.41) is 6.13. The van der Waals surface area contributed by atoms with Crippen LogP contribution in [0.25, 0.3) is 0 Å². The second kappa shape index (κ2) is 8.86. The molecule has 2 amide bonds. The molecule has 2 N–H and O–H groups in total. The first-order valence-corrected chi connectivity index (χ1v) is 9.03. The fourth-order valence-corrected chi connectivity index (χ4v) is 2.57. The van der Waals surface area contributed by atoms with Gasteiger partial charge in [-0.05, 0) is 47.2 Å². The van der Waals surface area contributed by atoms with Crippen molar-refractivity contribution in [2.45, 2.75) is 32.6 Å². The smallest absolute Gasteiger partial charge is 0.251 e. The van der Waals surface area contributed by atoms with Gasteiger partial charge in [0, 0.05) is 17.1 Å². The first kappa shape index (κ1) is 20.0. The van der Waals surface area contributed by atoms with Gasteiger partial charge in [-0.1, -0.05) is 56.6 Å². The minimum atomic E-state index is -0.252. The van der Waals surface area contributed by atoms with Gasteiger partial charge < -0.3 is 10.6 Å². The lowest BCUT2D eigenvalue weighted by Gasteiger charge is -2.19. The van der Waals surface area contributed by atoms with Gasteiger partial charge in [0.05, 0.1) is 6.54 Å². The normalized spacial score (nSPS) is 11.1. The van der Waals surface area contributed by atoms with Crippen molar-refractivity contribution in [1.82, 2.24) is 10.6 Å². The van der Waals surface area contributed by atoms with Crippen LogP contribution in [-0.2, 0) is 16.6 Å². The number of amides is 2. The number of nitrogens with one attached hydrogen (secondary N) is 2. The predicted molar refractivity (Wildman–Crippen MR) is 106 cm³/mol. The number of benzene rings is 2. The zero-order valence-electron chi connectivity index (χ0n) is 15.4. The maximum absolute atomic E-state index is 12.1. The average Bonchev–Trinajstić information content (AvgIpc) is 2.61. The second-order valence-electron chi connectivity index (χ2n) is 7.24. The van der Waals surface area contributed by atoms with Crippen LogP contribution in [0.3, 0.4) is 0 Å². The molecule has 2 rings (SSSR count). The quantitative estimate of drug-likeness (QED) is 0.811. The summed E-state index contributed by atoms with van der Waals surface area (Å²) in [4.78, 5) is 24.0. The average molecular weight is 373 g/mol. The van der Waals surface area contributed by atoms with Crippen LogP contribution in [0.4, 0.5) is 0 Å². The third-order valence-corrected chi connectivity index (χ3v) is 4.32. The monoisotopic (exact) mass is 372 g/mol. The van der Waals surface area contributed by atoms with E-state index in [0.717, 1.165) is 11.1 Å². The fourth-order valence-electron chi connectivity index (χ4n) is 2.44. The molecule has 2 aromatic rings. The van der Waals surface area contributed by atoms with Gasteiger partial charge in [-0.3, -0.25) is 9.59 Å². The molecule has 0 spiro atoms. The van der Waals surface area contributed by atoms with Crippen LogP contribution in [0.5, 0.6) is 0 Å². The van der Waals surface area contributed by atoms with E-state index in [1.165, 1.54) is 0 Å². The van der Waals surface area contributed by atoms with Gasteiger partial charge in [0.2, 0.25) is 5.91 Å². The predicted octanol–water partition coefficient (Wildman–Crippen LogP) is 3.73. The van der Waals surface area contributed by atoms with Gasteiger partial charge >= 0.3 is 0 Å². The molecule has 0 bridgehead atoms. The molecule has 0 aromatic heterocycles. The SMILES string of the molecule is CC(C)(C)c1ccc(C(=O)NCC(=O)NCCc2ccc(Cl)cc2)cc1. The minimum absolute atomic E-state index is 0.0407. The van der Waals surface area contributed by atoms with Crippen LogP contribution in [0.2, 0.25) is 5.02 Å². The summed E-state index contributed by atoms with van der Waals surface area (Å²) in [6, 6.07) is 15.0. The van der Waals surface area contributed by atoms with Gasteiger partial charge in [-0.2, -0.15) is 0 Å². The first-order chi connectivity index (χ1) is 12.3. The van der Waals surface area contributed by atoms with Crippen LogP contribution >= 0.6 is 11.6 Å². The molecule has 138 valence electrons. The van der Waals surface area contributed by atoms with Crippen molar-refractivity contribution in [1.29, 1.82) is 0 Å². The Morgan fingerprint density at radius 2 is 1.54 bits per heavy atom. The Labute approximate surface area is 159 Å². The third kappa shape index (κ3) is 6.19.